The molecule has 33 heavy (non-hydrogen) atoms. The van der Waals surface area contributed by atoms with Gasteiger partial charge in [0.2, 0.25) is 5.88 Å². The van der Waals surface area contributed by atoms with Crippen LogP contribution >= 0.6 is 11.6 Å². The van der Waals surface area contributed by atoms with Crippen molar-refractivity contribution >= 4 is 23.2 Å². The third-order valence-electron chi connectivity index (χ3n) is 6.80. The predicted octanol–water partition coefficient (Wildman–Crippen LogP) is 3.31. The van der Waals surface area contributed by atoms with Crippen LogP contribution in [0, 0.1) is 6.92 Å². The number of anilines is 1. The number of aromatic nitrogens is 2. The Labute approximate surface area is 200 Å². The van der Waals surface area contributed by atoms with Crippen LogP contribution in [-0.4, -0.2) is 60.4 Å². The Bertz CT molecular complexity index is 1040. The van der Waals surface area contributed by atoms with E-state index in [-0.39, 0.29) is 18.0 Å². The number of hydrogen-bond acceptors (Lipinski definition) is 5. The first-order valence-electron chi connectivity index (χ1n) is 11.5. The van der Waals surface area contributed by atoms with Crippen LogP contribution in [0.4, 0.5) is 5.69 Å². The number of benzene rings is 1. The lowest BCUT2D eigenvalue weighted by Gasteiger charge is -2.40. The Balaban J connectivity index is 1.81. The van der Waals surface area contributed by atoms with Gasteiger partial charge in [-0.05, 0) is 71.3 Å². The molecule has 0 saturated heterocycles. The number of carbonyl (C=O) groups is 1. The number of amides is 1. The zero-order chi connectivity index (χ0) is 24.3. The molecule has 0 spiro atoms. The number of hydrogen-bond donors (Lipinski definition) is 2. The first-order chi connectivity index (χ1) is 15.7. The fourth-order valence-corrected chi connectivity index (χ4v) is 5.17. The summed E-state index contributed by atoms with van der Waals surface area (Å²) in [7, 11) is 7.47. The molecular weight excluding hydrogens is 442 g/mol. The summed E-state index contributed by atoms with van der Waals surface area (Å²) in [6, 6.07) is 4.70. The molecule has 3 rings (SSSR count). The number of H-pyrrole nitrogens is 1. The number of aryl methyl sites for hydroxylation is 1. The predicted molar refractivity (Wildman–Crippen MR) is 133 cm³/mol. The van der Waals surface area contributed by atoms with Crippen molar-refractivity contribution in [3.05, 3.63) is 44.2 Å². The van der Waals surface area contributed by atoms with Crippen LogP contribution in [-0.2, 0) is 13.6 Å². The number of nitrogens with one attached hydrogen (secondary N) is 2. The summed E-state index contributed by atoms with van der Waals surface area (Å²) in [5.41, 5.74) is 2.50. The molecule has 0 radical (unpaired) electrons. The van der Waals surface area contributed by atoms with E-state index in [0.29, 0.717) is 34.1 Å². The molecule has 1 saturated carbocycles. The number of rotatable bonds is 8. The summed E-state index contributed by atoms with van der Waals surface area (Å²) in [5.74, 6) is 0.128. The number of aromatic amines is 1. The van der Waals surface area contributed by atoms with Crippen LogP contribution in [0.5, 0.6) is 5.88 Å². The summed E-state index contributed by atoms with van der Waals surface area (Å²) in [6.07, 6.45) is 4.55. The number of carbonyl (C=O) groups excluding carboxylic acids is 1. The molecule has 0 unspecified atom stereocenters. The molecule has 1 amide bonds. The van der Waals surface area contributed by atoms with E-state index in [9.17, 15) is 9.59 Å². The Morgan fingerprint density at radius 2 is 1.88 bits per heavy atom. The quantitative estimate of drug-likeness (QED) is 0.609. The van der Waals surface area contributed by atoms with Crippen molar-refractivity contribution in [2.75, 3.05) is 32.6 Å². The lowest BCUT2D eigenvalue weighted by atomic mass is 9.89. The van der Waals surface area contributed by atoms with Crippen LogP contribution in [0.1, 0.15) is 54.1 Å². The van der Waals surface area contributed by atoms with Gasteiger partial charge in [0.25, 0.3) is 11.5 Å². The summed E-state index contributed by atoms with van der Waals surface area (Å²) in [4.78, 5) is 30.0. The molecule has 1 aliphatic carbocycles. The fraction of sp³-hybridized carbons (Fsp3) is 0.583. The number of nitrogens with zero attached hydrogens (tertiary/aromatic N) is 3. The van der Waals surface area contributed by atoms with Crippen molar-refractivity contribution < 1.29 is 9.53 Å². The molecular formula is C24H36ClN5O3. The number of halogens is 1. The second kappa shape index (κ2) is 10.7. The summed E-state index contributed by atoms with van der Waals surface area (Å²) in [5, 5.41) is 6.03. The van der Waals surface area contributed by atoms with Gasteiger partial charge in [0.1, 0.15) is 0 Å². The molecule has 0 atom stereocenters. The fourth-order valence-electron chi connectivity index (χ4n) is 4.96. The molecule has 182 valence electrons. The second-order valence-electron chi connectivity index (χ2n) is 8.98. The monoisotopic (exact) mass is 477 g/mol. The molecule has 0 aliphatic heterocycles. The van der Waals surface area contributed by atoms with Crippen LogP contribution in [0.3, 0.4) is 0 Å². The minimum absolute atomic E-state index is 0.0610. The normalized spacial score (nSPS) is 18.4. The minimum Gasteiger partial charge on any atom is -0.481 e. The average Bonchev–Trinajstić information content (AvgIpc) is 3.06. The number of methoxy groups -OCH3 is 1. The van der Waals surface area contributed by atoms with Gasteiger partial charge >= 0.3 is 0 Å². The molecule has 1 fully saturated rings. The summed E-state index contributed by atoms with van der Waals surface area (Å²) < 4.78 is 6.78. The van der Waals surface area contributed by atoms with Gasteiger partial charge in [0.15, 0.2) is 0 Å². The second-order valence-corrected chi connectivity index (χ2v) is 9.42. The first-order valence-corrected chi connectivity index (χ1v) is 11.9. The van der Waals surface area contributed by atoms with Gasteiger partial charge in [-0.15, -0.1) is 0 Å². The Hall–Kier alpha value is -2.45. The maximum Gasteiger partial charge on any atom is 0.273 e. The zero-order valence-corrected chi connectivity index (χ0v) is 21.3. The molecule has 1 aliphatic rings. The van der Waals surface area contributed by atoms with E-state index in [1.165, 1.54) is 11.8 Å². The lowest BCUT2D eigenvalue weighted by molar-refractivity contribution is 0.0950. The maximum absolute atomic E-state index is 13.1. The van der Waals surface area contributed by atoms with E-state index in [1.807, 2.05) is 13.0 Å². The van der Waals surface area contributed by atoms with Gasteiger partial charge in [0.05, 0.1) is 19.2 Å². The highest BCUT2D eigenvalue weighted by Gasteiger charge is 2.28. The van der Waals surface area contributed by atoms with Gasteiger partial charge in [0, 0.05) is 41.9 Å². The molecule has 1 aromatic carbocycles. The average molecular weight is 478 g/mol. The smallest absolute Gasteiger partial charge is 0.273 e. The molecule has 2 aromatic rings. The Morgan fingerprint density at radius 1 is 1.24 bits per heavy atom. The van der Waals surface area contributed by atoms with E-state index in [4.69, 9.17) is 16.3 Å². The minimum atomic E-state index is -0.288. The molecule has 1 heterocycles. The van der Waals surface area contributed by atoms with Gasteiger partial charge < -0.3 is 19.9 Å². The van der Waals surface area contributed by atoms with Crippen molar-refractivity contribution in [2.24, 2.45) is 7.05 Å². The van der Waals surface area contributed by atoms with Crippen LogP contribution < -0.4 is 20.5 Å². The molecule has 0 bridgehead atoms. The summed E-state index contributed by atoms with van der Waals surface area (Å²) in [6.45, 7) is 5.01. The SMILES string of the molecule is CCN(c1cc(Cl)cc(C(=O)NCc2c(OC)n(C)[nH]c2=O)c1C)C1CCC(N(C)C)CC1. The van der Waals surface area contributed by atoms with Gasteiger partial charge in [-0.1, -0.05) is 11.6 Å². The highest BCUT2D eigenvalue weighted by Crippen LogP contribution is 2.34. The van der Waals surface area contributed by atoms with E-state index in [2.05, 4.69) is 41.2 Å². The van der Waals surface area contributed by atoms with Gasteiger partial charge in [-0.3, -0.25) is 19.4 Å². The molecule has 9 heteroatoms. The van der Waals surface area contributed by atoms with Crippen molar-refractivity contribution in [1.82, 2.24) is 20.0 Å². The van der Waals surface area contributed by atoms with Crippen LogP contribution in [0.15, 0.2) is 16.9 Å². The van der Waals surface area contributed by atoms with Gasteiger partial charge in [-0.25, -0.2) is 0 Å². The lowest BCUT2D eigenvalue weighted by Crippen LogP contribution is -2.42. The molecule has 8 nitrogen and oxygen atoms in total. The van der Waals surface area contributed by atoms with Crippen molar-refractivity contribution in [1.29, 1.82) is 0 Å². The molecule has 2 N–H and O–H groups in total. The zero-order valence-electron chi connectivity index (χ0n) is 20.5. The highest BCUT2D eigenvalue weighted by atomic mass is 35.5. The van der Waals surface area contributed by atoms with Crippen LogP contribution in [0.2, 0.25) is 5.02 Å². The largest absolute Gasteiger partial charge is 0.481 e. The molecule has 1 aromatic heterocycles. The van der Waals surface area contributed by atoms with E-state index in [1.54, 1.807) is 13.1 Å². The van der Waals surface area contributed by atoms with Crippen molar-refractivity contribution in [2.45, 2.75) is 58.2 Å². The maximum atomic E-state index is 13.1. The standard InChI is InChI=1S/C24H36ClN5O3/c1-7-30(18-10-8-17(9-11-18)28(3)4)21-13-16(25)12-19(15(21)2)22(31)26-14-20-23(32)27-29(5)24(20)33-6/h12-13,17-18H,7-11,14H2,1-6H3,(H,26,31)(H,27,32). The van der Waals surface area contributed by atoms with E-state index < -0.39 is 0 Å². The highest BCUT2D eigenvalue weighted by molar-refractivity contribution is 6.31. The van der Waals surface area contributed by atoms with Crippen LogP contribution in [0.25, 0.3) is 0 Å². The Morgan fingerprint density at radius 3 is 2.45 bits per heavy atom. The van der Waals surface area contributed by atoms with Gasteiger partial charge in [-0.2, -0.15) is 0 Å². The Kier molecular flexibility index (Phi) is 8.13. The van der Waals surface area contributed by atoms with Crippen molar-refractivity contribution in [3.8, 4) is 5.88 Å². The van der Waals surface area contributed by atoms with Crippen molar-refractivity contribution in [3.63, 3.8) is 0 Å². The van der Waals surface area contributed by atoms with E-state index >= 15 is 0 Å². The summed E-state index contributed by atoms with van der Waals surface area (Å²) >= 11 is 6.47. The number of ether oxygens (including phenoxy) is 1. The third-order valence-corrected chi connectivity index (χ3v) is 7.02. The van der Waals surface area contributed by atoms with E-state index in [0.717, 1.165) is 43.5 Å². The first kappa shape index (κ1) is 25.2. The topological polar surface area (TPSA) is 82.6 Å². The third kappa shape index (κ3) is 5.38.